The van der Waals surface area contributed by atoms with Gasteiger partial charge in [0.25, 0.3) is 0 Å². The van der Waals surface area contributed by atoms with Crippen LogP contribution in [-0.2, 0) is 4.79 Å². The second-order valence-electron chi connectivity index (χ2n) is 6.83. The van der Waals surface area contributed by atoms with Crippen molar-refractivity contribution in [2.45, 2.75) is 58.4 Å². The highest BCUT2D eigenvalue weighted by molar-refractivity contribution is 5.74. The largest absolute Gasteiger partial charge is 0.481 e. The molecule has 3 atom stereocenters. The van der Waals surface area contributed by atoms with Crippen LogP contribution in [-0.4, -0.2) is 41.1 Å². The van der Waals surface area contributed by atoms with Gasteiger partial charge in [0.2, 0.25) is 0 Å². The summed E-state index contributed by atoms with van der Waals surface area (Å²) in [6.07, 6.45) is 5.12. The third kappa shape index (κ3) is 4.35. The fourth-order valence-corrected chi connectivity index (χ4v) is 3.57. The van der Waals surface area contributed by atoms with Crippen molar-refractivity contribution >= 4 is 12.0 Å². The fraction of sp³-hybridized carbons (Fsp3) is 0.875. The van der Waals surface area contributed by atoms with E-state index in [4.69, 9.17) is 5.11 Å². The van der Waals surface area contributed by atoms with Gasteiger partial charge in [-0.15, -0.1) is 0 Å². The summed E-state index contributed by atoms with van der Waals surface area (Å²) < 4.78 is 0. The zero-order chi connectivity index (χ0) is 15.4. The van der Waals surface area contributed by atoms with E-state index in [-0.39, 0.29) is 12.5 Å². The Morgan fingerprint density at radius 1 is 1.14 bits per heavy atom. The summed E-state index contributed by atoms with van der Waals surface area (Å²) in [5.74, 6) is 0.981. The van der Waals surface area contributed by atoms with Crippen LogP contribution in [0.25, 0.3) is 0 Å². The minimum Gasteiger partial charge on any atom is -0.481 e. The van der Waals surface area contributed by atoms with Crippen LogP contribution in [0.5, 0.6) is 0 Å². The number of carbonyl (C=O) groups excluding carboxylic acids is 1. The molecule has 1 aliphatic heterocycles. The Morgan fingerprint density at radius 3 is 2.33 bits per heavy atom. The molecule has 0 aromatic rings. The van der Waals surface area contributed by atoms with Crippen LogP contribution in [0.3, 0.4) is 0 Å². The summed E-state index contributed by atoms with van der Waals surface area (Å²) in [6.45, 7) is 5.99. The summed E-state index contributed by atoms with van der Waals surface area (Å²) in [6, 6.07) is 0.384. The lowest BCUT2D eigenvalue weighted by atomic mass is 9.92. The van der Waals surface area contributed by atoms with Gasteiger partial charge in [0.15, 0.2) is 0 Å². The smallest absolute Gasteiger partial charge is 0.317 e. The highest BCUT2D eigenvalue weighted by atomic mass is 16.4. The van der Waals surface area contributed by atoms with E-state index in [1.165, 1.54) is 6.42 Å². The first-order valence-corrected chi connectivity index (χ1v) is 8.24. The normalized spacial score (nSPS) is 30.4. The molecule has 2 fully saturated rings. The predicted molar refractivity (Wildman–Crippen MR) is 81.0 cm³/mol. The van der Waals surface area contributed by atoms with Gasteiger partial charge in [-0.1, -0.05) is 13.8 Å². The van der Waals surface area contributed by atoms with Crippen molar-refractivity contribution in [1.82, 2.24) is 10.2 Å². The number of aliphatic carboxylic acids is 1. The molecule has 2 aliphatic rings. The van der Waals surface area contributed by atoms with Gasteiger partial charge in [-0.05, 0) is 49.9 Å². The minimum atomic E-state index is -0.723. The van der Waals surface area contributed by atoms with Gasteiger partial charge in [0.05, 0.1) is 0 Å². The number of hydrogen-bond donors (Lipinski definition) is 2. The molecule has 5 nitrogen and oxygen atoms in total. The lowest BCUT2D eigenvalue weighted by Gasteiger charge is -2.33. The Hall–Kier alpha value is -1.26. The van der Waals surface area contributed by atoms with Crippen molar-refractivity contribution in [2.75, 3.05) is 13.1 Å². The van der Waals surface area contributed by atoms with Crippen LogP contribution in [0, 0.1) is 17.8 Å². The molecule has 0 spiro atoms. The van der Waals surface area contributed by atoms with E-state index in [0.717, 1.165) is 38.8 Å². The Bertz CT molecular complexity index is 378. The number of amides is 2. The topological polar surface area (TPSA) is 69.6 Å². The van der Waals surface area contributed by atoms with Crippen molar-refractivity contribution in [2.24, 2.45) is 17.8 Å². The number of urea groups is 1. The SMILES string of the molecule is CC1CCC(NC(=O)N2CCC(CCC(=O)O)CC2)C1C. The third-order valence-electron chi connectivity index (χ3n) is 5.44. The quantitative estimate of drug-likeness (QED) is 0.838. The number of carbonyl (C=O) groups is 2. The second-order valence-corrected chi connectivity index (χ2v) is 6.83. The van der Waals surface area contributed by atoms with Crippen molar-refractivity contribution in [3.8, 4) is 0 Å². The van der Waals surface area contributed by atoms with E-state index < -0.39 is 5.97 Å². The second kappa shape index (κ2) is 7.14. The van der Waals surface area contributed by atoms with E-state index >= 15 is 0 Å². The van der Waals surface area contributed by atoms with Crippen LogP contribution < -0.4 is 5.32 Å². The summed E-state index contributed by atoms with van der Waals surface area (Å²) in [7, 11) is 0. The molecule has 2 rings (SSSR count). The Morgan fingerprint density at radius 2 is 1.81 bits per heavy atom. The van der Waals surface area contributed by atoms with Crippen LogP contribution in [0.15, 0.2) is 0 Å². The molecule has 0 radical (unpaired) electrons. The highest BCUT2D eigenvalue weighted by Gasteiger charge is 2.32. The number of hydrogen-bond acceptors (Lipinski definition) is 2. The third-order valence-corrected chi connectivity index (χ3v) is 5.44. The molecular weight excluding hydrogens is 268 g/mol. The number of likely N-dealkylation sites (tertiary alicyclic amines) is 1. The maximum atomic E-state index is 12.3. The molecule has 21 heavy (non-hydrogen) atoms. The summed E-state index contributed by atoms with van der Waals surface area (Å²) in [5, 5.41) is 11.9. The average Bonchev–Trinajstić information content (AvgIpc) is 2.77. The van der Waals surface area contributed by atoms with Crippen molar-refractivity contribution in [1.29, 1.82) is 0 Å². The molecular formula is C16H28N2O3. The van der Waals surface area contributed by atoms with Gasteiger partial charge in [-0.2, -0.15) is 0 Å². The van der Waals surface area contributed by atoms with Gasteiger partial charge in [-0.3, -0.25) is 4.79 Å². The number of nitrogens with zero attached hydrogens (tertiary/aromatic N) is 1. The summed E-state index contributed by atoms with van der Waals surface area (Å²) in [4.78, 5) is 24.8. The molecule has 3 unspecified atom stereocenters. The van der Waals surface area contributed by atoms with Crippen LogP contribution in [0.1, 0.15) is 52.4 Å². The summed E-state index contributed by atoms with van der Waals surface area (Å²) in [5.41, 5.74) is 0. The van der Waals surface area contributed by atoms with Crippen molar-refractivity contribution in [3.05, 3.63) is 0 Å². The molecule has 1 aliphatic carbocycles. The molecule has 2 amide bonds. The molecule has 5 heteroatoms. The van der Waals surface area contributed by atoms with E-state index in [9.17, 15) is 9.59 Å². The van der Waals surface area contributed by atoms with Crippen molar-refractivity contribution in [3.63, 3.8) is 0 Å². The number of nitrogens with one attached hydrogen (secondary N) is 1. The first-order chi connectivity index (χ1) is 9.97. The number of piperidine rings is 1. The van der Waals surface area contributed by atoms with Gasteiger partial charge < -0.3 is 15.3 Å². The molecule has 1 saturated heterocycles. The zero-order valence-electron chi connectivity index (χ0n) is 13.2. The van der Waals surface area contributed by atoms with Crippen LogP contribution in [0.4, 0.5) is 4.79 Å². The van der Waals surface area contributed by atoms with E-state index in [0.29, 0.717) is 23.8 Å². The number of rotatable bonds is 4. The molecule has 0 aromatic carbocycles. The number of carboxylic acids is 1. The fourth-order valence-electron chi connectivity index (χ4n) is 3.57. The van der Waals surface area contributed by atoms with Gasteiger partial charge in [0, 0.05) is 25.6 Å². The van der Waals surface area contributed by atoms with Crippen LogP contribution >= 0.6 is 0 Å². The first kappa shape index (κ1) is 16.1. The first-order valence-electron chi connectivity index (χ1n) is 8.24. The molecule has 1 saturated carbocycles. The highest BCUT2D eigenvalue weighted by Crippen LogP contribution is 2.31. The van der Waals surface area contributed by atoms with Gasteiger partial charge >= 0.3 is 12.0 Å². The molecule has 120 valence electrons. The standard InChI is InChI=1S/C16H28N2O3/c1-11-3-5-14(12(11)2)17-16(21)18-9-7-13(8-10-18)4-6-15(19)20/h11-14H,3-10H2,1-2H3,(H,17,21)(H,19,20). The Balaban J connectivity index is 1.72. The predicted octanol–water partition coefficient (Wildman–Crippen LogP) is 2.71. The van der Waals surface area contributed by atoms with Gasteiger partial charge in [-0.25, -0.2) is 4.79 Å². The van der Waals surface area contributed by atoms with E-state index in [1.807, 2.05) is 4.90 Å². The van der Waals surface area contributed by atoms with Crippen molar-refractivity contribution < 1.29 is 14.7 Å². The maximum absolute atomic E-state index is 12.3. The Labute approximate surface area is 127 Å². The molecule has 2 N–H and O–H groups in total. The van der Waals surface area contributed by atoms with E-state index in [2.05, 4.69) is 19.2 Å². The maximum Gasteiger partial charge on any atom is 0.317 e. The Kier molecular flexibility index (Phi) is 5.48. The number of carboxylic acid groups (broad SMARTS) is 1. The van der Waals surface area contributed by atoms with Crippen LogP contribution in [0.2, 0.25) is 0 Å². The summed E-state index contributed by atoms with van der Waals surface area (Å²) >= 11 is 0. The monoisotopic (exact) mass is 296 g/mol. The lowest BCUT2D eigenvalue weighted by Crippen LogP contribution is -2.48. The zero-order valence-corrected chi connectivity index (χ0v) is 13.2. The molecule has 0 bridgehead atoms. The lowest BCUT2D eigenvalue weighted by molar-refractivity contribution is -0.137. The molecule has 0 aromatic heterocycles. The van der Waals surface area contributed by atoms with Gasteiger partial charge in [0.1, 0.15) is 0 Å². The average molecular weight is 296 g/mol. The molecule has 1 heterocycles. The minimum absolute atomic E-state index is 0.0673. The van der Waals surface area contributed by atoms with E-state index in [1.54, 1.807) is 0 Å².